The van der Waals surface area contributed by atoms with E-state index < -0.39 is 11.9 Å². The Labute approximate surface area is 103 Å². The molecule has 7 heteroatoms. The highest BCUT2D eigenvalue weighted by Crippen LogP contribution is 2.27. The van der Waals surface area contributed by atoms with Crippen molar-refractivity contribution in [1.29, 1.82) is 0 Å². The monoisotopic (exact) mass is 260 g/mol. The highest BCUT2D eigenvalue weighted by Gasteiger charge is 2.32. The Hall–Kier alpha value is -1.37. The van der Waals surface area contributed by atoms with Crippen LogP contribution in [0.4, 0.5) is 19.0 Å². The van der Waals surface area contributed by atoms with E-state index in [-0.39, 0.29) is 0 Å². The van der Waals surface area contributed by atoms with Gasteiger partial charge in [0, 0.05) is 6.54 Å². The number of rotatable bonds is 3. The molecule has 4 nitrogen and oxygen atoms in total. The minimum atomic E-state index is -4.43. The molecular formula is C11H15F3N4. The van der Waals surface area contributed by atoms with Crippen molar-refractivity contribution in [3.63, 3.8) is 0 Å². The zero-order chi connectivity index (χ0) is 13.0. The van der Waals surface area contributed by atoms with Crippen LogP contribution in [0.5, 0.6) is 0 Å². The molecule has 1 aliphatic heterocycles. The van der Waals surface area contributed by atoms with Crippen LogP contribution >= 0.6 is 0 Å². The summed E-state index contributed by atoms with van der Waals surface area (Å²) in [4.78, 5) is 0. The average molecular weight is 260 g/mol. The van der Waals surface area contributed by atoms with Gasteiger partial charge in [-0.1, -0.05) is 0 Å². The van der Waals surface area contributed by atoms with E-state index >= 15 is 0 Å². The van der Waals surface area contributed by atoms with Crippen molar-refractivity contribution in [3.8, 4) is 0 Å². The number of hydrogen-bond donors (Lipinski definition) is 2. The summed E-state index contributed by atoms with van der Waals surface area (Å²) in [5.41, 5.74) is -0.963. The van der Waals surface area contributed by atoms with E-state index in [1.807, 2.05) is 0 Å². The summed E-state index contributed by atoms with van der Waals surface area (Å²) in [7, 11) is 0. The van der Waals surface area contributed by atoms with Crippen LogP contribution in [0.3, 0.4) is 0 Å². The lowest BCUT2D eigenvalue weighted by Crippen LogP contribution is -2.31. The molecule has 1 aromatic heterocycles. The largest absolute Gasteiger partial charge is 0.435 e. The second-order valence-electron chi connectivity index (χ2n) is 4.38. The fraction of sp³-hybridized carbons (Fsp3) is 0.636. The van der Waals surface area contributed by atoms with E-state index in [4.69, 9.17) is 0 Å². The van der Waals surface area contributed by atoms with Crippen LogP contribution in [0.1, 0.15) is 18.5 Å². The predicted molar refractivity (Wildman–Crippen MR) is 61.1 cm³/mol. The van der Waals surface area contributed by atoms with Crippen LogP contribution in [-0.2, 0) is 6.18 Å². The van der Waals surface area contributed by atoms with Crippen molar-refractivity contribution in [2.75, 3.05) is 25.0 Å². The molecule has 0 bridgehead atoms. The van der Waals surface area contributed by atoms with Gasteiger partial charge in [-0.25, -0.2) is 0 Å². The SMILES string of the molecule is FC(F)(F)c1ccc(NCC2CCNCC2)nn1. The van der Waals surface area contributed by atoms with E-state index in [9.17, 15) is 13.2 Å². The highest BCUT2D eigenvalue weighted by atomic mass is 19.4. The Morgan fingerprint density at radius 2 is 1.94 bits per heavy atom. The van der Waals surface area contributed by atoms with Crippen molar-refractivity contribution in [2.45, 2.75) is 19.0 Å². The van der Waals surface area contributed by atoms with Gasteiger partial charge in [0.05, 0.1) is 0 Å². The maximum absolute atomic E-state index is 12.3. The molecule has 0 radical (unpaired) electrons. The number of alkyl halides is 3. The fourth-order valence-corrected chi connectivity index (χ4v) is 1.91. The van der Waals surface area contributed by atoms with E-state index in [0.717, 1.165) is 38.5 Å². The van der Waals surface area contributed by atoms with Crippen LogP contribution in [0.2, 0.25) is 0 Å². The number of halogens is 3. The summed E-state index contributed by atoms with van der Waals surface area (Å²) in [5.74, 6) is 0.928. The second kappa shape index (κ2) is 5.51. The molecule has 0 aliphatic carbocycles. The minimum Gasteiger partial charge on any atom is -0.368 e. The molecular weight excluding hydrogens is 245 g/mol. The van der Waals surface area contributed by atoms with Crippen LogP contribution in [0.25, 0.3) is 0 Å². The van der Waals surface area contributed by atoms with Crippen molar-refractivity contribution in [2.24, 2.45) is 5.92 Å². The number of anilines is 1. The van der Waals surface area contributed by atoms with Gasteiger partial charge in [-0.3, -0.25) is 0 Å². The fourth-order valence-electron chi connectivity index (χ4n) is 1.91. The van der Waals surface area contributed by atoms with Crippen LogP contribution < -0.4 is 10.6 Å². The Bertz CT molecular complexity index is 371. The minimum absolute atomic E-state index is 0.390. The quantitative estimate of drug-likeness (QED) is 0.871. The summed E-state index contributed by atoms with van der Waals surface area (Å²) >= 11 is 0. The molecule has 0 saturated carbocycles. The van der Waals surface area contributed by atoms with E-state index in [1.54, 1.807) is 0 Å². The average Bonchev–Trinajstić information content (AvgIpc) is 2.37. The van der Waals surface area contributed by atoms with Crippen molar-refractivity contribution >= 4 is 5.82 Å². The molecule has 2 heterocycles. The smallest absolute Gasteiger partial charge is 0.368 e. The van der Waals surface area contributed by atoms with Gasteiger partial charge in [0.1, 0.15) is 5.82 Å². The molecule has 1 aromatic rings. The summed E-state index contributed by atoms with van der Waals surface area (Å²) in [6.45, 7) is 2.71. The Morgan fingerprint density at radius 3 is 2.50 bits per heavy atom. The van der Waals surface area contributed by atoms with Crippen LogP contribution in [0.15, 0.2) is 12.1 Å². The lowest BCUT2D eigenvalue weighted by atomic mass is 9.98. The maximum atomic E-state index is 12.3. The third-order valence-electron chi connectivity index (χ3n) is 2.99. The zero-order valence-corrected chi connectivity index (χ0v) is 9.80. The molecule has 1 fully saturated rings. The predicted octanol–water partition coefficient (Wildman–Crippen LogP) is 1.91. The molecule has 18 heavy (non-hydrogen) atoms. The van der Waals surface area contributed by atoms with Gasteiger partial charge in [0.15, 0.2) is 5.69 Å². The summed E-state index contributed by atoms with van der Waals surface area (Å²) in [5, 5.41) is 13.0. The van der Waals surface area contributed by atoms with Crippen molar-refractivity contribution < 1.29 is 13.2 Å². The molecule has 100 valence electrons. The number of piperidine rings is 1. The standard InChI is InChI=1S/C11H15F3N4/c12-11(13,14)9-1-2-10(18-17-9)16-7-8-3-5-15-6-4-8/h1-2,8,15H,3-7H2,(H,16,18). The lowest BCUT2D eigenvalue weighted by Gasteiger charge is -2.22. The van der Waals surface area contributed by atoms with Gasteiger partial charge in [0.2, 0.25) is 0 Å². The molecule has 0 amide bonds. The van der Waals surface area contributed by atoms with Gasteiger partial charge >= 0.3 is 6.18 Å². The second-order valence-corrected chi connectivity index (χ2v) is 4.38. The first-order valence-electron chi connectivity index (χ1n) is 5.91. The van der Waals surface area contributed by atoms with Gasteiger partial charge in [-0.05, 0) is 44.0 Å². The van der Waals surface area contributed by atoms with Gasteiger partial charge in [0.25, 0.3) is 0 Å². The van der Waals surface area contributed by atoms with Gasteiger partial charge in [-0.15, -0.1) is 10.2 Å². The van der Waals surface area contributed by atoms with Crippen molar-refractivity contribution in [1.82, 2.24) is 15.5 Å². The maximum Gasteiger partial charge on any atom is 0.435 e. The van der Waals surface area contributed by atoms with E-state index in [0.29, 0.717) is 11.7 Å². The molecule has 1 saturated heterocycles. The Balaban J connectivity index is 1.86. The molecule has 0 atom stereocenters. The lowest BCUT2D eigenvalue weighted by molar-refractivity contribution is -0.141. The van der Waals surface area contributed by atoms with Gasteiger partial charge in [-0.2, -0.15) is 13.2 Å². The first-order valence-corrected chi connectivity index (χ1v) is 5.91. The Morgan fingerprint density at radius 1 is 1.22 bits per heavy atom. The number of aromatic nitrogens is 2. The molecule has 2 N–H and O–H groups in total. The molecule has 1 aliphatic rings. The van der Waals surface area contributed by atoms with Crippen LogP contribution in [-0.4, -0.2) is 29.8 Å². The van der Waals surface area contributed by atoms with Crippen molar-refractivity contribution in [3.05, 3.63) is 17.8 Å². The van der Waals surface area contributed by atoms with E-state index in [2.05, 4.69) is 20.8 Å². The first kappa shape index (κ1) is 13.1. The third kappa shape index (κ3) is 3.56. The summed E-state index contributed by atoms with van der Waals surface area (Å²) in [6.07, 6.45) is -2.29. The highest BCUT2D eigenvalue weighted by molar-refractivity contribution is 5.33. The Kier molecular flexibility index (Phi) is 4.00. The number of hydrogen-bond acceptors (Lipinski definition) is 4. The summed E-state index contributed by atoms with van der Waals surface area (Å²) < 4.78 is 36.8. The number of nitrogens with one attached hydrogen (secondary N) is 2. The molecule has 2 rings (SSSR count). The van der Waals surface area contributed by atoms with Gasteiger partial charge < -0.3 is 10.6 Å². The van der Waals surface area contributed by atoms with E-state index in [1.165, 1.54) is 6.07 Å². The van der Waals surface area contributed by atoms with Crippen LogP contribution in [0, 0.1) is 5.92 Å². The summed E-state index contributed by atoms with van der Waals surface area (Å²) in [6, 6.07) is 2.26. The number of nitrogens with zero attached hydrogens (tertiary/aromatic N) is 2. The molecule has 0 aromatic carbocycles. The molecule has 0 unspecified atom stereocenters. The molecule has 0 spiro atoms. The first-order chi connectivity index (χ1) is 8.55. The normalized spacial score (nSPS) is 17.7. The topological polar surface area (TPSA) is 49.8 Å². The third-order valence-corrected chi connectivity index (χ3v) is 2.99. The zero-order valence-electron chi connectivity index (χ0n) is 9.80.